The lowest BCUT2D eigenvalue weighted by molar-refractivity contribution is -0.140. The van der Waals surface area contributed by atoms with Crippen LogP contribution in [0.3, 0.4) is 0 Å². The molecule has 12 heteroatoms. The van der Waals surface area contributed by atoms with Gasteiger partial charge in [-0.1, -0.05) is 17.3 Å². The number of benzene rings is 2. The van der Waals surface area contributed by atoms with E-state index in [0.717, 1.165) is 4.31 Å². The number of esters is 1. The highest BCUT2D eigenvalue weighted by molar-refractivity contribution is 7.88. The normalized spacial score (nSPS) is 14.7. The number of rotatable bonds is 8. The number of carbonyl (C=O) groups is 1. The fraction of sp³-hybridized carbons (Fsp3) is 0.217. The summed E-state index contributed by atoms with van der Waals surface area (Å²) in [7, 11) is -0.891. The van der Waals surface area contributed by atoms with Gasteiger partial charge in [0.2, 0.25) is 5.82 Å². The van der Waals surface area contributed by atoms with Crippen molar-refractivity contribution in [1.29, 1.82) is 0 Å². The molecule has 11 nitrogen and oxygen atoms in total. The Morgan fingerprint density at radius 1 is 1.00 bits per heavy atom. The zero-order valence-corrected chi connectivity index (χ0v) is 20.0. The zero-order valence-electron chi connectivity index (χ0n) is 19.2. The minimum atomic E-state index is -4.00. The molecule has 0 aliphatic carbocycles. The summed E-state index contributed by atoms with van der Waals surface area (Å²) < 4.78 is 50.5. The first-order valence-corrected chi connectivity index (χ1v) is 11.8. The van der Waals surface area contributed by atoms with E-state index in [1.807, 2.05) is 0 Å². The third-order valence-electron chi connectivity index (χ3n) is 5.07. The monoisotopic (exact) mass is 498 g/mol. The van der Waals surface area contributed by atoms with Crippen LogP contribution in [0, 0.1) is 0 Å². The van der Waals surface area contributed by atoms with Crippen molar-refractivity contribution in [3.05, 3.63) is 71.7 Å². The van der Waals surface area contributed by atoms with Crippen LogP contribution in [0.4, 0.5) is 0 Å². The number of nitrogens with zero attached hydrogens (tertiary/aromatic N) is 4. The van der Waals surface area contributed by atoms with Gasteiger partial charge in [0.1, 0.15) is 11.5 Å². The molecule has 1 aromatic heterocycles. The van der Waals surface area contributed by atoms with E-state index in [0.29, 0.717) is 22.6 Å². The Bertz CT molecular complexity index is 1380. The molecule has 0 atom stereocenters. The van der Waals surface area contributed by atoms with E-state index < -0.39 is 16.2 Å². The summed E-state index contributed by atoms with van der Waals surface area (Å²) in [5.41, 5.74) is 1.39. The molecule has 0 N–H and O–H groups in total. The second-order valence-corrected chi connectivity index (χ2v) is 8.96. The van der Waals surface area contributed by atoms with Crippen LogP contribution in [-0.2, 0) is 32.9 Å². The number of methoxy groups -OCH3 is 2. The van der Waals surface area contributed by atoms with E-state index in [2.05, 4.69) is 14.5 Å². The quantitative estimate of drug-likeness (QED) is 0.430. The molecule has 0 radical (unpaired) electrons. The van der Waals surface area contributed by atoms with Gasteiger partial charge in [-0.05, 0) is 48.9 Å². The maximum Gasteiger partial charge on any atom is 0.344 e. The summed E-state index contributed by atoms with van der Waals surface area (Å²) in [4.78, 5) is 16.9. The van der Waals surface area contributed by atoms with Crippen LogP contribution in [-0.4, -0.2) is 48.8 Å². The first-order chi connectivity index (χ1) is 16.8. The van der Waals surface area contributed by atoms with Crippen LogP contribution in [0.15, 0.2) is 69.2 Å². The highest BCUT2D eigenvalue weighted by Crippen LogP contribution is 2.23. The Balaban J connectivity index is 1.44. The molecule has 35 heavy (non-hydrogen) atoms. The maximum atomic E-state index is 12.7. The Morgan fingerprint density at radius 3 is 2.26 bits per heavy atom. The van der Waals surface area contributed by atoms with Gasteiger partial charge < -0.3 is 18.7 Å². The molecule has 2 heterocycles. The second-order valence-electron chi connectivity index (χ2n) is 7.41. The van der Waals surface area contributed by atoms with Crippen molar-refractivity contribution in [1.82, 2.24) is 14.4 Å². The van der Waals surface area contributed by atoms with Crippen molar-refractivity contribution in [2.24, 2.45) is 4.40 Å². The van der Waals surface area contributed by atoms with Crippen LogP contribution in [0.25, 0.3) is 11.5 Å². The maximum absolute atomic E-state index is 12.7. The highest BCUT2D eigenvalue weighted by atomic mass is 32.2. The summed E-state index contributed by atoms with van der Waals surface area (Å²) >= 11 is 0. The van der Waals surface area contributed by atoms with Gasteiger partial charge in [-0.15, -0.1) is 4.40 Å². The van der Waals surface area contributed by atoms with Crippen molar-refractivity contribution in [3.63, 3.8) is 0 Å². The number of carbonyl (C=O) groups excluding carboxylic acids is 1. The van der Waals surface area contributed by atoms with Crippen molar-refractivity contribution in [2.75, 3.05) is 14.2 Å². The minimum absolute atomic E-state index is 0.00668. The fourth-order valence-corrected chi connectivity index (χ4v) is 4.29. The lowest BCUT2D eigenvalue weighted by Crippen LogP contribution is -2.31. The standard InChI is InChI=1S/C23H22N4O7S/c1-15-20(13-27(35(29,30)26-15)12-16-4-8-18(31-2)9-5-16)23(28)33-14-21-24-22(34-25-21)17-6-10-19(32-3)11-7-17/h4-11,13H,12,14H2,1-3H3. The van der Waals surface area contributed by atoms with E-state index in [1.165, 1.54) is 20.2 Å². The van der Waals surface area contributed by atoms with Crippen molar-refractivity contribution < 1.29 is 31.9 Å². The molecule has 4 rings (SSSR count). The number of ether oxygens (including phenoxy) is 3. The van der Waals surface area contributed by atoms with Crippen LogP contribution in [0.5, 0.6) is 11.5 Å². The first-order valence-electron chi connectivity index (χ1n) is 10.4. The molecular formula is C23H22N4O7S. The summed E-state index contributed by atoms with van der Waals surface area (Å²) in [6.07, 6.45) is 1.21. The molecule has 1 aliphatic rings. The molecule has 3 aromatic rings. The molecular weight excluding hydrogens is 476 g/mol. The van der Waals surface area contributed by atoms with Gasteiger partial charge >= 0.3 is 16.2 Å². The van der Waals surface area contributed by atoms with Gasteiger partial charge in [0.05, 0.1) is 32.0 Å². The molecule has 0 saturated carbocycles. The lowest BCUT2D eigenvalue weighted by atomic mass is 10.2. The third-order valence-corrected chi connectivity index (χ3v) is 6.40. The SMILES string of the molecule is COc1ccc(CN2C=C(C(=O)OCc3noc(-c4ccc(OC)cc4)n3)C(C)=NS2(=O)=O)cc1. The van der Waals surface area contributed by atoms with Crippen LogP contribution in [0.2, 0.25) is 0 Å². The number of aromatic nitrogens is 2. The molecule has 0 amide bonds. The molecule has 0 unspecified atom stereocenters. The molecule has 182 valence electrons. The Kier molecular flexibility index (Phi) is 6.82. The van der Waals surface area contributed by atoms with Gasteiger partial charge in [-0.3, -0.25) is 4.31 Å². The van der Waals surface area contributed by atoms with Gasteiger partial charge in [-0.2, -0.15) is 13.4 Å². The Morgan fingerprint density at radius 2 is 1.63 bits per heavy atom. The second kappa shape index (κ2) is 9.97. The van der Waals surface area contributed by atoms with Crippen LogP contribution >= 0.6 is 0 Å². The van der Waals surface area contributed by atoms with Crippen molar-refractivity contribution in [2.45, 2.75) is 20.1 Å². The van der Waals surface area contributed by atoms with Gasteiger partial charge in [0.25, 0.3) is 5.89 Å². The van der Waals surface area contributed by atoms with E-state index >= 15 is 0 Å². The lowest BCUT2D eigenvalue weighted by Gasteiger charge is -2.23. The fourth-order valence-electron chi connectivity index (χ4n) is 3.19. The van der Waals surface area contributed by atoms with Gasteiger partial charge in [0, 0.05) is 11.8 Å². The minimum Gasteiger partial charge on any atom is -0.497 e. The van der Waals surface area contributed by atoms with Crippen LogP contribution in [0.1, 0.15) is 18.3 Å². The molecule has 0 fully saturated rings. The predicted molar refractivity (Wildman–Crippen MR) is 125 cm³/mol. The topological polar surface area (TPSA) is 133 Å². The molecule has 1 aliphatic heterocycles. The van der Waals surface area contributed by atoms with E-state index in [-0.39, 0.29) is 36.2 Å². The summed E-state index contributed by atoms with van der Waals surface area (Å²) in [6, 6.07) is 13.9. The van der Waals surface area contributed by atoms with Gasteiger partial charge in [-0.25, -0.2) is 4.79 Å². The van der Waals surface area contributed by atoms with Gasteiger partial charge in [0.15, 0.2) is 6.61 Å². The number of hydrogen-bond donors (Lipinski definition) is 0. The third kappa shape index (κ3) is 5.49. The van der Waals surface area contributed by atoms with E-state index in [1.54, 1.807) is 55.6 Å². The smallest absolute Gasteiger partial charge is 0.344 e. The average Bonchev–Trinajstić information content (AvgIpc) is 3.33. The van der Waals surface area contributed by atoms with Crippen molar-refractivity contribution >= 4 is 21.9 Å². The van der Waals surface area contributed by atoms with Crippen LogP contribution < -0.4 is 9.47 Å². The van der Waals surface area contributed by atoms with E-state index in [4.69, 9.17) is 18.7 Å². The molecule has 0 spiro atoms. The first kappa shape index (κ1) is 24.0. The predicted octanol–water partition coefficient (Wildman–Crippen LogP) is 2.90. The largest absolute Gasteiger partial charge is 0.497 e. The molecule has 0 saturated heterocycles. The zero-order chi connectivity index (χ0) is 25.0. The summed E-state index contributed by atoms with van der Waals surface area (Å²) in [5.74, 6) is 0.962. The molecule has 2 aromatic carbocycles. The van der Waals surface area contributed by atoms with Crippen molar-refractivity contribution in [3.8, 4) is 23.0 Å². The highest BCUT2D eigenvalue weighted by Gasteiger charge is 2.29. The molecule has 0 bridgehead atoms. The number of hydrogen-bond acceptors (Lipinski definition) is 9. The Labute approximate surface area is 201 Å². The summed E-state index contributed by atoms with van der Waals surface area (Å²) in [5, 5.41) is 3.82. The summed E-state index contributed by atoms with van der Waals surface area (Å²) in [6.45, 7) is 1.13. The van der Waals surface area contributed by atoms with E-state index in [9.17, 15) is 13.2 Å². The average molecular weight is 499 g/mol. The Hall–Kier alpha value is -4.19.